The minimum absolute atomic E-state index is 0.0207. The fourth-order valence-corrected chi connectivity index (χ4v) is 1.73. The predicted molar refractivity (Wildman–Crippen MR) is 75.2 cm³/mol. The van der Waals surface area contributed by atoms with Crippen molar-refractivity contribution in [3.8, 4) is 0 Å². The summed E-state index contributed by atoms with van der Waals surface area (Å²) < 4.78 is 0. The van der Waals surface area contributed by atoms with Crippen molar-refractivity contribution in [2.24, 2.45) is 5.73 Å². The number of carbonyl (C=O) groups excluding carboxylic acids is 1. The zero-order valence-corrected chi connectivity index (χ0v) is 11.2. The molecule has 1 amide bonds. The number of para-hydroxylation sites is 1. The van der Waals surface area contributed by atoms with E-state index in [1.165, 1.54) is 0 Å². The first-order valence-corrected chi connectivity index (χ1v) is 5.89. The van der Waals surface area contributed by atoms with E-state index < -0.39 is 0 Å². The predicted octanol–water partition coefficient (Wildman–Crippen LogP) is 2.60. The molecule has 92 valence electrons. The van der Waals surface area contributed by atoms with Gasteiger partial charge in [-0.05, 0) is 17.0 Å². The lowest BCUT2D eigenvalue weighted by atomic mass is 9.86. The molecular formula is C13H18N2OS. The lowest BCUT2D eigenvalue weighted by Gasteiger charge is -2.22. The van der Waals surface area contributed by atoms with Crippen molar-refractivity contribution in [3.63, 3.8) is 0 Å². The summed E-state index contributed by atoms with van der Waals surface area (Å²) in [5.74, 6) is -0.172. The van der Waals surface area contributed by atoms with Crippen LogP contribution >= 0.6 is 12.2 Å². The molecule has 0 aliphatic rings. The van der Waals surface area contributed by atoms with Crippen molar-refractivity contribution in [3.05, 3.63) is 29.8 Å². The Labute approximate surface area is 107 Å². The molecule has 0 aliphatic heterocycles. The molecule has 0 saturated carbocycles. The van der Waals surface area contributed by atoms with E-state index in [-0.39, 0.29) is 22.7 Å². The number of thiocarbonyl (C=S) groups is 1. The molecule has 1 aromatic carbocycles. The number of carbonyl (C=O) groups is 1. The zero-order chi connectivity index (χ0) is 13.1. The Kier molecular flexibility index (Phi) is 4.23. The van der Waals surface area contributed by atoms with Crippen LogP contribution in [-0.2, 0) is 10.2 Å². The highest BCUT2D eigenvalue weighted by Crippen LogP contribution is 2.29. The maximum atomic E-state index is 11.6. The molecule has 17 heavy (non-hydrogen) atoms. The highest BCUT2D eigenvalue weighted by molar-refractivity contribution is 7.80. The van der Waals surface area contributed by atoms with Gasteiger partial charge in [-0.15, -0.1) is 0 Å². The lowest BCUT2D eigenvalue weighted by Crippen LogP contribution is -2.22. The second kappa shape index (κ2) is 5.27. The van der Waals surface area contributed by atoms with Crippen molar-refractivity contribution in [2.75, 3.05) is 5.32 Å². The number of hydrogen-bond donors (Lipinski definition) is 2. The van der Waals surface area contributed by atoms with E-state index in [0.717, 1.165) is 11.3 Å². The van der Waals surface area contributed by atoms with Gasteiger partial charge in [0.1, 0.15) is 0 Å². The van der Waals surface area contributed by atoms with E-state index in [1.54, 1.807) is 0 Å². The number of nitrogens with one attached hydrogen (secondary N) is 1. The van der Waals surface area contributed by atoms with E-state index >= 15 is 0 Å². The largest absolute Gasteiger partial charge is 0.393 e. The Morgan fingerprint density at radius 3 is 2.47 bits per heavy atom. The lowest BCUT2D eigenvalue weighted by molar-refractivity contribution is -0.115. The summed E-state index contributed by atoms with van der Waals surface area (Å²) in [5.41, 5.74) is 7.24. The first kappa shape index (κ1) is 13.6. The van der Waals surface area contributed by atoms with Crippen molar-refractivity contribution < 1.29 is 4.79 Å². The molecule has 1 aromatic rings. The van der Waals surface area contributed by atoms with E-state index in [2.05, 4.69) is 26.1 Å². The molecule has 0 aromatic heterocycles. The van der Waals surface area contributed by atoms with Crippen molar-refractivity contribution >= 4 is 28.8 Å². The second-order valence-electron chi connectivity index (χ2n) is 4.99. The first-order chi connectivity index (χ1) is 7.80. The number of anilines is 1. The molecule has 3 N–H and O–H groups in total. The first-order valence-electron chi connectivity index (χ1n) is 5.48. The number of hydrogen-bond acceptors (Lipinski definition) is 2. The van der Waals surface area contributed by atoms with Gasteiger partial charge in [-0.1, -0.05) is 51.2 Å². The molecule has 1 rings (SSSR count). The minimum Gasteiger partial charge on any atom is -0.393 e. The van der Waals surface area contributed by atoms with Crippen molar-refractivity contribution in [1.82, 2.24) is 0 Å². The van der Waals surface area contributed by atoms with Gasteiger partial charge in [0.15, 0.2) is 0 Å². The summed E-state index contributed by atoms with van der Waals surface area (Å²) in [6.45, 7) is 6.31. The highest BCUT2D eigenvalue weighted by atomic mass is 32.1. The standard InChI is InChI=1S/C13H18N2OS/c1-13(2,3)9-6-4-5-7-10(9)15-12(16)8-11(14)17/h4-7H,8H2,1-3H3,(H2,14,17)(H,15,16). The van der Waals surface area contributed by atoms with Gasteiger partial charge >= 0.3 is 0 Å². The topological polar surface area (TPSA) is 55.1 Å². The fourth-order valence-electron chi connectivity index (χ4n) is 1.60. The van der Waals surface area contributed by atoms with Crippen LogP contribution in [0.25, 0.3) is 0 Å². The molecule has 3 nitrogen and oxygen atoms in total. The molecule has 0 saturated heterocycles. The average molecular weight is 250 g/mol. The Bertz CT molecular complexity index is 435. The van der Waals surface area contributed by atoms with Crippen LogP contribution in [0.5, 0.6) is 0 Å². The number of amides is 1. The zero-order valence-electron chi connectivity index (χ0n) is 10.4. The molecule has 0 aliphatic carbocycles. The smallest absolute Gasteiger partial charge is 0.231 e. The molecule has 0 atom stereocenters. The normalized spacial score (nSPS) is 11.0. The van der Waals surface area contributed by atoms with E-state index in [1.807, 2.05) is 24.3 Å². The molecule has 0 fully saturated rings. The Morgan fingerprint density at radius 2 is 1.94 bits per heavy atom. The number of rotatable bonds is 3. The Hall–Kier alpha value is -1.42. The molecule has 4 heteroatoms. The van der Waals surface area contributed by atoms with Gasteiger partial charge in [-0.2, -0.15) is 0 Å². The van der Waals surface area contributed by atoms with Crippen LogP contribution in [0.3, 0.4) is 0 Å². The van der Waals surface area contributed by atoms with Gasteiger partial charge in [0.05, 0.1) is 11.4 Å². The Morgan fingerprint density at radius 1 is 1.35 bits per heavy atom. The summed E-state index contributed by atoms with van der Waals surface area (Å²) >= 11 is 4.71. The third-order valence-corrected chi connectivity index (χ3v) is 2.49. The molecule has 0 spiro atoms. The SMILES string of the molecule is CC(C)(C)c1ccccc1NC(=O)CC(N)=S. The molecule has 0 bridgehead atoms. The van der Waals surface area contributed by atoms with Gasteiger partial charge in [0.25, 0.3) is 0 Å². The summed E-state index contributed by atoms with van der Waals surface area (Å²) in [6, 6.07) is 7.75. The van der Waals surface area contributed by atoms with E-state index in [9.17, 15) is 4.79 Å². The van der Waals surface area contributed by atoms with Crippen LogP contribution in [0.2, 0.25) is 0 Å². The van der Waals surface area contributed by atoms with E-state index in [0.29, 0.717) is 0 Å². The van der Waals surface area contributed by atoms with Gasteiger partial charge in [-0.3, -0.25) is 4.79 Å². The van der Waals surface area contributed by atoms with Gasteiger partial charge in [0.2, 0.25) is 5.91 Å². The third-order valence-electron chi connectivity index (χ3n) is 2.34. The van der Waals surface area contributed by atoms with E-state index in [4.69, 9.17) is 18.0 Å². The highest BCUT2D eigenvalue weighted by Gasteiger charge is 2.18. The monoisotopic (exact) mass is 250 g/mol. The van der Waals surface area contributed by atoms with Crippen LogP contribution in [-0.4, -0.2) is 10.9 Å². The molecule has 0 unspecified atom stereocenters. The van der Waals surface area contributed by atoms with Gasteiger partial charge in [-0.25, -0.2) is 0 Å². The molecule has 0 heterocycles. The van der Waals surface area contributed by atoms with Crippen molar-refractivity contribution in [1.29, 1.82) is 0 Å². The van der Waals surface area contributed by atoms with Gasteiger partial charge < -0.3 is 11.1 Å². The van der Waals surface area contributed by atoms with Gasteiger partial charge in [0, 0.05) is 5.69 Å². The Balaban J connectivity index is 2.92. The quantitative estimate of drug-likeness (QED) is 0.811. The number of nitrogens with two attached hydrogens (primary N) is 1. The van der Waals surface area contributed by atoms with Crippen molar-refractivity contribution in [2.45, 2.75) is 32.6 Å². The minimum atomic E-state index is -0.172. The maximum Gasteiger partial charge on any atom is 0.231 e. The maximum absolute atomic E-state index is 11.6. The second-order valence-corrected chi connectivity index (χ2v) is 5.51. The number of benzene rings is 1. The van der Waals surface area contributed by atoms with Crippen LogP contribution in [0.15, 0.2) is 24.3 Å². The van der Waals surface area contributed by atoms with Crippen LogP contribution in [0.4, 0.5) is 5.69 Å². The molecular weight excluding hydrogens is 232 g/mol. The third kappa shape index (κ3) is 4.15. The summed E-state index contributed by atoms with van der Waals surface area (Å²) in [5, 5.41) is 2.84. The average Bonchev–Trinajstić information content (AvgIpc) is 2.15. The molecule has 0 radical (unpaired) electrons. The van der Waals surface area contributed by atoms with Crippen LogP contribution in [0, 0.1) is 0 Å². The van der Waals surface area contributed by atoms with Crippen LogP contribution in [0.1, 0.15) is 32.8 Å². The summed E-state index contributed by atoms with van der Waals surface area (Å²) in [6.07, 6.45) is 0.0772. The van der Waals surface area contributed by atoms with Crippen LogP contribution < -0.4 is 11.1 Å². The summed E-state index contributed by atoms with van der Waals surface area (Å²) in [4.78, 5) is 11.8. The summed E-state index contributed by atoms with van der Waals surface area (Å²) in [7, 11) is 0. The fraction of sp³-hybridized carbons (Fsp3) is 0.385.